The van der Waals surface area contributed by atoms with Gasteiger partial charge in [0, 0.05) is 11.1 Å². The SMILES string of the molecule is C=C(O)c1ccc(CCC(/C=C/c2ccccc2OC(F)(F)c2ccc(C(F)(F)F)cc2)Cc2ccc(C(=O)O)cc2)cc1. The molecule has 0 saturated heterocycles. The quantitative estimate of drug-likeness (QED) is 0.124. The van der Waals surface area contributed by atoms with E-state index in [2.05, 4.69) is 6.58 Å². The van der Waals surface area contributed by atoms with E-state index in [4.69, 9.17) is 4.74 Å². The van der Waals surface area contributed by atoms with Crippen LogP contribution in [0.3, 0.4) is 0 Å². The lowest BCUT2D eigenvalue weighted by Crippen LogP contribution is -2.22. The Labute approximate surface area is 251 Å². The zero-order chi connectivity index (χ0) is 31.9. The summed E-state index contributed by atoms with van der Waals surface area (Å²) in [5.41, 5.74) is 1.24. The minimum absolute atomic E-state index is 0.0352. The number of hydrogen-bond acceptors (Lipinski definition) is 3. The number of ether oxygens (including phenoxy) is 1. The first kappa shape index (κ1) is 32.0. The highest BCUT2D eigenvalue weighted by atomic mass is 19.4. The topological polar surface area (TPSA) is 66.8 Å². The maximum atomic E-state index is 15.0. The van der Waals surface area contributed by atoms with Gasteiger partial charge in [0.2, 0.25) is 0 Å². The Morgan fingerprint density at radius 2 is 1.34 bits per heavy atom. The normalized spacial score (nSPS) is 12.7. The zero-order valence-electron chi connectivity index (χ0n) is 23.4. The summed E-state index contributed by atoms with van der Waals surface area (Å²) < 4.78 is 73.7. The number of rotatable bonds is 12. The van der Waals surface area contributed by atoms with Gasteiger partial charge in [0.15, 0.2) is 0 Å². The van der Waals surface area contributed by atoms with Crippen molar-refractivity contribution < 1.29 is 41.7 Å². The van der Waals surface area contributed by atoms with Crippen molar-refractivity contribution in [2.75, 3.05) is 0 Å². The number of para-hydroxylation sites is 1. The smallest absolute Gasteiger partial charge is 0.426 e. The summed E-state index contributed by atoms with van der Waals surface area (Å²) >= 11 is 0. The summed E-state index contributed by atoms with van der Waals surface area (Å²) in [7, 11) is 0. The zero-order valence-corrected chi connectivity index (χ0v) is 23.4. The maximum absolute atomic E-state index is 15.0. The molecule has 4 rings (SSSR count). The second kappa shape index (κ2) is 13.6. The fraction of sp³-hybridized carbons (Fsp3) is 0.171. The molecule has 0 aliphatic rings. The van der Waals surface area contributed by atoms with Crippen molar-refractivity contribution in [3.05, 3.63) is 149 Å². The van der Waals surface area contributed by atoms with Crippen molar-refractivity contribution in [2.45, 2.75) is 31.5 Å². The van der Waals surface area contributed by atoms with E-state index >= 15 is 8.78 Å². The number of aryl methyl sites for hydroxylation is 1. The van der Waals surface area contributed by atoms with Crippen molar-refractivity contribution in [1.29, 1.82) is 0 Å². The van der Waals surface area contributed by atoms with Crippen LogP contribution in [-0.2, 0) is 25.1 Å². The molecule has 44 heavy (non-hydrogen) atoms. The molecule has 4 nitrogen and oxygen atoms in total. The van der Waals surface area contributed by atoms with Crippen molar-refractivity contribution in [3.63, 3.8) is 0 Å². The van der Waals surface area contributed by atoms with Crippen LogP contribution >= 0.6 is 0 Å². The molecule has 0 amide bonds. The molecule has 0 spiro atoms. The van der Waals surface area contributed by atoms with Crippen LogP contribution in [0.5, 0.6) is 5.75 Å². The van der Waals surface area contributed by atoms with Crippen molar-refractivity contribution in [2.24, 2.45) is 5.92 Å². The molecule has 0 bridgehead atoms. The molecule has 4 aromatic rings. The number of carbonyl (C=O) groups is 1. The van der Waals surface area contributed by atoms with Crippen LogP contribution in [0.15, 0.2) is 110 Å². The minimum atomic E-state index is -4.65. The number of alkyl halides is 5. The predicted octanol–water partition coefficient (Wildman–Crippen LogP) is 9.57. The van der Waals surface area contributed by atoms with Gasteiger partial charge in [-0.3, -0.25) is 0 Å². The highest BCUT2D eigenvalue weighted by molar-refractivity contribution is 5.87. The van der Waals surface area contributed by atoms with Crippen LogP contribution in [0.1, 0.15) is 50.2 Å². The lowest BCUT2D eigenvalue weighted by molar-refractivity contribution is -0.185. The number of hydrogen-bond donors (Lipinski definition) is 2. The summed E-state index contributed by atoms with van der Waals surface area (Å²) in [6, 6.07) is 22.4. The van der Waals surface area contributed by atoms with Crippen LogP contribution in [0, 0.1) is 5.92 Å². The molecule has 0 aliphatic heterocycles. The minimum Gasteiger partial charge on any atom is -0.508 e. The molecule has 0 saturated carbocycles. The number of allylic oxidation sites excluding steroid dienone is 1. The van der Waals surface area contributed by atoms with Gasteiger partial charge >= 0.3 is 18.3 Å². The molecule has 0 fully saturated rings. The van der Waals surface area contributed by atoms with E-state index in [9.17, 15) is 28.2 Å². The van der Waals surface area contributed by atoms with Gasteiger partial charge in [-0.25, -0.2) is 4.79 Å². The third kappa shape index (κ3) is 8.56. The number of carboxylic acid groups (broad SMARTS) is 1. The fourth-order valence-electron chi connectivity index (χ4n) is 4.57. The molecule has 0 radical (unpaired) electrons. The van der Waals surface area contributed by atoms with Gasteiger partial charge in [-0.1, -0.05) is 73.3 Å². The molecule has 228 valence electrons. The Hall–Kier alpha value is -4.92. The molecule has 1 atom stereocenters. The Kier molecular flexibility index (Phi) is 9.88. The van der Waals surface area contributed by atoms with Crippen LogP contribution in [0.4, 0.5) is 22.0 Å². The molecule has 2 N–H and O–H groups in total. The number of aromatic carboxylic acids is 1. The predicted molar refractivity (Wildman–Crippen MR) is 158 cm³/mol. The Morgan fingerprint density at radius 3 is 1.93 bits per heavy atom. The average molecular weight is 609 g/mol. The first-order chi connectivity index (χ1) is 20.8. The van der Waals surface area contributed by atoms with Crippen molar-refractivity contribution in [3.8, 4) is 5.75 Å². The molecular weight excluding hydrogens is 579 g/mol. The number of halogens is 5. The first-order valence-corrected chi connectivity index (χ1v) is 13.6. The number of aliphatic hydroxyl groups is 1. The molecule has 0 aromatic heterocycles. The van der Waals surface area contributed by atoms with Gasteiger partial charge in [0.1, 0.15) is 11.5 Å². The maximum Gasteiger partial charge on any atom is 0.426 e. The molecular formula is C35H29F5O4. The lowest BCUT2D eigenvalue weighted by atomic mass is 9.91. The largest absolute Gasteiger partial charge is 0.508 e. The van der Waals surface area contributed by atoms with Gasteiger partial charge in [-0.15, -0.1) is 0 Å². The van der Waals surface area contributed by atoms with Gasteiger partial charge < -0.3 is 14.9 Å². The highest BCUT2D eigenvalue weighted by Crippen LogP contribution is 2.36. The Morgan fingerprint density at radius 1 is 0.773 bits per heavy atom. The van der Waals surface area contributed by atoms with E-state index in [0.717, 1.165) is 11.1 Å². The average Bonchev–Trinajstić information content (AvgIpc) is 2.99. The van der Waals surface area contributed by atoms with E-state index in [1.165, 1.54) is 24.3 Å². The summed E-state index contributed by atoms with van der Waals surface area (Å²) in [5.74, 6) is -1.32. The number of aliphatic hydroxyl groups excluding tert-OH is 1. The third-order valence-corrected chi connectivity index (χ3v) is 7.04. The fourth-order valence-corrected chi connectivity index (χ4v) is 4.57. The Bertz CT molecular complexity index is 1610. The van der Waals surface area contributed by atoms with Crippen LogP contribution in [0.25, 0.3) is 11.8 Å². The van der Waals surface area contributed by atoms with E-state index in [1.807, 2.05) is 18.2 Å². The summed E-state index contributed by atoms with van der Waals surface area (Å²) in [4.78, 5) is 11.3. The summed E-state index contributed by atoms with van der Waals surface area (Å²) in [5, 5.41) is 18.8. The third-order valence-electron chi connectivity index (χ3n) is 7.04. The Balaban J connectivity index is 1.55. The van der Waals surface area contributed by atoms with E-state index in [0.29, 0.717) is 54.7 Å². The van der Waals surface area contributed by atoms with Gasteiger partial charge in [-0.2, -0.15) is 22.0 Å². The number of benzene rings is 4. The van der Waals surface area contributed by atoms with E-state index < -0.39 is 29.4 Å². The summed E-state index contributed by atoms with van der Waals surface area (Å²) in [6.45, 7) is 3.52. The summed E-state index contributed by atoms with van der Waals surface area (Å²) in [6.07, 6.45) is -3.18. The second-order valence-electron chi connectivity index (χ2n) is 10.2. The van der Waals surface area contributed by atoms with Crippen LogP contribution < -0.4 is 4.74 Å². The van der Waals surface area contributed by atoms with Gasteiger partial charge in [0.05, 0.1) is 16.7 Å². The standard InChI is InChI=1S/C35H29F5O4/c1-23(41)27-13-8-24(9-14-27)6-7-25(22-26-11-16-29(17-12-26)33(42)43)10-15-28-4-2-3-5-32(28)44-35(39,40)31-20-18-30(19-21-31)34(36,37)38/h2-5,8-21,25,41H,1,6-7,22H2,(H,42,43)/b15-10+. The molecule has 1 unspecified atom stereocenters. The second-order valence-corrected chi connectivity index (χ2v) is 10.2. The van der Waals surface area contributed by atoms with Crippen molar-refractivity contribution >= 4 is 17.8 Å². The van der Waals surface area contributed by atoms with E-state index in [1.54, 1.807) is 42.5 Å². The molecule has 9 heteroatoms. The lowest BCUT2D eigenvalue weighted by Gasteiger charge is -2.20. The molecule has 0 heterocycles. The highest BCUT2D eigenvalue weighted by Gasteiger charge is 2.37. The number of carboxylic acids is 1. The van der Waals surface area contributed by atoms with E-state index in [-0.39, 0.29) is 23.0 Å². The van der Waals surface area contributed by atoms with Crippen LogP contribution in [-0.4, -0.2) is 16.2 Å². The van der Waals surface area contributed by atoms with Gasteiger partial charge in [0.25, 0.3) is 0 Å². The molecule has 4 aromatic carbocycles. The van der Waals surface area contributed by atoms with Gasteiger partial charge in [-0.05, 0) is 78.8 Å². The monoisotopic (exact) mass is 608 g/mol. The van der Waals surface area contributed by atoms with Crippen LogP contribution in [0.2, 0.25) is 0 Å². The molecule has 0 aliphatic carbocycles. The first-order valence-electron chi connectivity index (χ1n) is 13.6. The van der Waals surface area contributed by atoms with Crippen molar-refractivity contribution in [1.82, 2.24) is 0 Å².